The number of nitrogens with one attached hydrogen (secondary N) is 2. The van der Waals surface area contributed by atoms with Crippen molar-refractivity contribution >= 4 is 33.1 Å². The topological polar surface area (TPSA) is 86.4 Å². The Bertz CT molecular complexity index is 1640. The van der Waals surface area contributed by atoms with Crippen molar-refractivity contribution in [1.82, 2.24) is 35.0 Å². The third-order valence-corrected chi connectivity index (χ3v) is 7.58. The zero-order valence-corrected chi connectivity index (χ0v) is 19.8. The van der Waals surface area contributed by atoms with Crippen LogP contribution in [0.2, 0.25) is 0 Å². The maximum Gasteiger partial charge on any atom is 0.116 e. The Morgan fingerprint density at radius 1 is 0.914 bits per heavy atom. The lowest BCUT2D eigenvalue weighted by atomic mass is 10.1. The van der Waals surface area contributed by atoms with Crippen molar-refractivity contribution in [1.29, 1.82) is 0 Å². The quantitative estimate of drug-likeness (QED) is 0.323. The fourth-order valence-corrected chi connectivity index (χ4v) is 5.72. The van der Waals surface area contributed by atoms with Crippen molar-refractivity contribution in [3.63, 3.8) is 0 Å². The predicted octanol–water partition coefficient (Wildman–Crippen LogP) is 5.89. The van der Waals surface area contributed by atoms with Crippen LogP contribution in [0.4, 0.5) is 0 Å². The summed E-state index contributed by atoms with van der Waals surface area (Å²) in [7, 11) is 0. The first-order valence-corrected chi connectivity index (χ1v) is 12.7. The lowest BCUT2D eigenvalue weighted by Crippen LogP contribution is -2.18. The van der Waals surface area contributed by atoms with Gasteiger partial charge in [-0.25, -0.2) is 0 Å². The van der Waals surface area contributed by atoms with Crippen LogP contribution in [0.3, 0.4) is 0 Å². The summed E-state index contributed by atoms with van der Waals surface area (Å²) in [6.45, 7) is 3.28. The van der Waals surface area contributed by atoms with E-state index in [4.69, 9.17) is 4.98 Å². The lowest BCUT2D eigenvalue weighted by molar-refractivity contribution is 0.331. The lowest BCUT2D eigenvalue weighted by Gasteiger charge is -2.14. The Morgan fingerprint density at radius 3 is 2.71 bits per heavy atom. The first-order chi connectivity index (χ1) is 17.3. The molecule has 0 radical (unpaired) electrons. The van der Waals surface area contributed by atoms with E-state index in [-0.39, 0.29) is 0 Å². The second-order valence-corrected chi connectivity index (χ2v) is 9.98. The first kappa shape index (κ1) is 20.5. The van der Waals surface area contributed by atoms with Gasteiger partial charge in [-0.05, 0) is 67.2 Å². The van der Waals surface area contributed by atoms with Crippen LogP contribution >= 0.6 is 11.3 Å². The summed E-state index contributed by atoms with van der Waals surface area (Å²) in [5, 5.41) is 12.0. The molecule has 0 bridgehead atoms. The maximum atomic E-state index is 4.70. The number of pyridine rings is 3. The molecule has 2 N–H and O–H groups in total. The van der Waals surface area contributed by atoms with Crippen LogP contribution < -0.4 is 0 Å². The second kappa shape index (κ2) is 8.41. The van der Waals surface area contributed by atoms with Gasteiger partial charge in [0, 0.05) is 47.0 Å². The van der Waals surface area contributed by atoms with E-state index in [0.717, 1.165) is 61.6 Å². The van der Waals surface area contributed by atoms with Gasteiger partial charge < -0.3 is 4.98 Å². The third-order valence-electron chi connectivity index (χ3n) is 6.70. The number of aromatic nitrogens is 6. The number of fused-ring (bicyclic) bond motifs is 2. The molecule has 0 amide bonds. The zero-order valence-electron chi connectivity index (χ0n) is 19.0. The van der Waals surface area contributed by atoms with Crippen molar-refractivity contribution < 1.29 is 0 Å². The number of hydrogen-bond acceptors (Lipinski definition) is 6. The summed E-state index contributed by atoms with van der Waals surface area (Å²) in [4.78, 5) is 21.0. The van der Waals surface area contributed by atoms with Gasteiger partial charge in [0.25, 0.3) is 0 Å². The van der Waals surface area contributed by atoms with Crippen LogP contribution in [0.15, 0.2) is 66.6 Å². The Labute approximate surface area is 205 Å². The number of likely N-dealkylation sites (tertiary alicyclic amines) is 1. The van der Waals surface area contributed by atoms with Gasteiger partial charge in [-0.3, -0.25) is 25.0 Å². The minimum Gasteiger partial charge on any atom is -0.353 e. The van der Waals surface area contributed by atoms with E-state index in [1.165, 1.54) is 31.5 Å². The van der Waals surface area contributed by atoms with Gasteiger partial charge in [-0.1, -0.05) is 6.07 Å². The highest BCUT2D eigenvalue weighted by Gasteiger charge is 2.16. The molecule has 172 valence electrons. The molecule has 6 aromatic rings. The van der Waals surface area contributed by atoms with Crippen LogP contribution in [0, 0.1) is 0 Å². The molecule has 7 rings (SSSR count). The van der Waals surface area contributed by atoms with E-state index < -0.39 is 0 Å². The monoisotopic (exact) mass is 477 g/mol. The highest BCUT2D eigenvalue weighted by molar-refractivity contribution is 7.13. The smallest absolute Gasteiger partial charge is 0.116 e. The fraction of sp³-hybridized carbons (Fsp3) is 0.185. The summed E-state index contributed by atoms with van der Waals surface area (Å²) in [6.07, 6.45) is 10.1. The molecule has 0 aliphatic carbocycles. The van der Waals surface area contributed by atoms with E-state index in [0.29, 0.717) is 0 Å². The average molecular weight is 478 g/mol. The number of hydrogen-bond donors (Lipinski definition) is 2. The molecular weight excluding hydrogens is 454 g/mol. The van der Waals surface area contributed by atoms with Crippen LogP contribution in [0.25, 0.3) is 55.0 Å². The van der Waals surface area contributed by atoms with Gasteiger partial charge in [-0.2, -0.15) is 5.10 Å². The molecule has 0 spiro atoms. The summed E-state index contributed by atoms with van der Waals surface area (Å²) in [6, 6.07) is 12.6. The minimum absolute atomic E-state index is 0.873. The van der Waals surface area contributed by atoms with Gasteiger partial charge in [0.05, 0.1) is 33.7 Å². The van der Waals surface area contributed by atoms with E-state index in [1.54, 1.807) is 11.3 Å². The molecule has 7 heterocycles. The molecule has 1 saturated heterocycles. The van der Waals surface area contributed by atoms with E-state index in [9.17, 15) is 0 Å². The van der Waals surface area contributed by atoms with Crippen LogP contribution in [0.1, 0.15) is 18.4 Å². The van der Waals surface area contributed by atoms with Crippen molar-refractivity contribution in [3.8, 4) is 33.2 Å². The van der Waals surface area contributed by atoms with Crippen LogP contribution in [-0.2, 0) is 6.54 Å². The Balaban J connectivity index is 1.28. The molecular formula is C27H23N7S. The molecule has 0 saturated carbocycles. The molecule has 1 aliphatic heterocycles. The predicted molar refractivity (Wildman–Crippen MR) is 140 cm³/mol. The van der Waals surface area contributed by atoms with E-state index in [2.05, 4.69) is 65.8 Å². The Hall–Kier alpha value is -3.88. The summed E-state index contributed by atoms with van der Waals surface area (Å²) < 4.78 is 0. The number of H-pyrrole nitrogens is 2. The molecule has 7 nitrogen and oxygen atoms in total. The average Bonchev–Trinajstić information content (AvgIpc) is 3.70. The van der Waals surface area contributed by atoms with E-state index >= 15 is 0 Å². The fourth-order valence-electron chi connectivity index (χ4n) is 4.98. The molecule has 8 heteroatoms. The van der Waals surface area contributed by atoms with Gasteiger partial charge in [-0.15, -0.1) is 11.3 Å². The molecule has 0 atom stereocenters. The number of aromatic amines is 2. The number of nitrogens with zero attached hydrogens (tertiary/aromatic N) is 5. The van der Waals surface area contributed by atoms with Crippen molar-refractivity contribution in [2.45, 2.75) is 19.4 Å². The Kier molecular flexibility index (Phi) is 4.92. The highest BCUT2D eigenvalue weighted by atomic mass is 32.1. The molecule has 1 fully saturated rings. The third kappa shape index (κ3) is 3.71. The minimum atomic E-state index is 0.873. The Morgan fingerprint density at radius 2 is 1.83 bits per heavy atom. The molecule has 0 unspecified atom stereocenters. The second-order valence-electron chi connectivity index (χ2n) is 9.03. The molecule has 0 aromatic carbocycles. The van der Waals surface area contributed by atoms with Crippen LogP contribution in [-0.4, -0.2) is 48.1 Å². The first-order valence-electron chi connectivity index (χ1n) is 11.8. The SMILES string of the molecule is c1csc(-c2nccc3[nH]c(-c4n[nH]c5cnc(-c6cncc(CN7CCCC7)c6)cc45)cc23)c1. The largest absolute Gasteiger partial charge is 0.353 e. The van der Waals surface area contributed by atoms with E-state index in [1.807, 2.05) is 30.9 Å². The maximum absolute atomic E-state index is 4.70. The van der Waals surface area contributed by atoms with Crippen molar-refractivity contribution in [3.05, 3.63) is 72.1 Å². The van der Waals surface area contributed by atoms with Gasteiger partial charge in [0.1, 0.15) is 5.69 Å². The summed E-state index contributed by atoms with van der Waals surface area (Å²) in [5.74, 6) is 0. The van der Waals surface area contributed by atoms with Gasteiger partial charge in [0.15, 0.2) is 0 Å². The number of rotatable bonds is 5. The molecule has 6 aromatic heterocycles. The summed E-state index contributed by atoms with van der Waals surface area (Å²) >= 11 is 1.70. The van der Waals surface area contributed by atoms with Gasteiger partial charge >= 0.3 is 0 Å². The van der Waals surface area contributed by atoms with Crippen LogP contribution in [0.5, 0.6) is 0 Å². The van der Waals surface area contributed by atoms with Crippen molar-refractivity contribution in [2.24, 2.45) is 0 Å². The molecule has 35 heavy (non-hydrogen) atoms. The van der Waals surface area contributed by atoms with Crippen molar-refractivity contribution in [2.75, 3.05) is 13.1 Å². The zero-order chi connectivity index (χ0) is 23.2. The highest BCUT2D eigenvalue weighted by Crippen LogP contribution is 2.35. The summed E-state index contributed by atoms with van der Waals surface area (Å²) in [5.41, 5.74) is 7.91. The van der Waals surface area contributed by atoms with Gasteiger partial charge in [0.2, 0.25) is 0 Å². The molecule has 1 aliphatic rings. The normalized spacial score (nSPS) is 14.4. The standard InChI is InChI=1S/C27H23N7S/c1-2-8-34(7-1)16-17-10-18(14-28-13-17)22-11-20-24(15-30-22)32-33-26(20)23-12-19-21(31-23)5-6-29-27(19)25-4-3-9-35-25/h3-6,9-15,31H,1-2,7-8,16H2,(H,32,33). The number of thiophene rings is 1.